The van der Waals surface area contributed by atoms with Gasteiger partial charge in [0.05, 0.1) is 12.2 Å². The van der Waals surface area contributed by atoms with Crippen molar-refractivity contribution in [2.75, 3.05) is 6.54 Å². The third kappa shape index (κ3) is 4.34. The van der Waals surface area contributed by atoms with Crippen LogP contribution in [0.5, 0.6) is 0 Å². The lowest BCUT2D eigenvalue weighted by molar-refractivity contribution is 0.0948. The summed E-state index contributed by atoms with van der Waals surface area (Å²) in [5, 5.41) is 5.42. The van der Waals surface area contributed by atoms with Crippen molar-refractivity contribution in [3.8, 4) is 0 Å². The fourth-order valence-electron chi connectivity index (χ4n) is 4.14. The first kappa shape index (κ1) is 21.5. The summed E-state index contributed by atoms with van der Waals surface area (Å²) >= 11 is 0. The van der Waals surface area contributed by atoms with Crippen LogP contribution in [0.3, 0.4) is 0 Å². The first-order chi connectivity index (χ1) is 15.5. The lowest BCUT2D eigenvalue weighted by atomic mass is 10.1. The smallest absolute Gasteiger partial charge is 0.257 e. The lowest BCUT2D eigenvalue weighted by Crippen LogP contribution is -2.35. The van der Waals surface area contributed by atoms with Gasteiger partial charge in [0.2, 0.25) is 5.43 Å². The second-order valence-corrected chi connectivity index (χ2v) is 8.11. The number of nitrogens with one attached hydrogen (secondary N) is 2. The van der Waals surface area contributed by atoms with E-state index in [-0.39, 0.29) is 30.3 Å². The summed E-state index contributed by atoms with van der Waals surface area (Å²) in [5.74, 6) is -1.03. The van der Waals surface area contributed by atoms with Gasteiger partial charge in [0.25, 0.3) is 11.8 Å². The van der Waals surface area contributed by atoms with Crippen molar-refractivity contribution in [3.05, 3.63) is 82.2 Å². The van der Waals surface area contributed by atoms with Gasteiger partial charge < -0.3 is 19.6 Å². The summed E-state index contributed by atoms with van der Waals surface area (Å²) < 4.78 is 3.79. The predicted octanol–water partition coefficient (Wildman–Crippen LogP) is 2.77. The Morgan fingerprint density at radius 2 is 1.81 bits per heavy atom. The van der Waals surface area contributed by atoms with Gasteiger partial charge in [0.1, 0.15) is 16.8 Å². The second-order valence-electron chi connectivity index (χ2n) is 8.11. The molecule has 3 aromatic heterocycles. The Hall–Kier alpha value is -3.68. The second kappa shape index (κ2) is 9.21. The van der Waals surface area contributed by atoms with E-state index in [2.05, 4.69) is 22.2 Å². The zero-order chi connectivity index (χ0) is 22.7. The number of aryl methyl sites for hydroxylation is 1. The number of amides is 2. The van der Waals surface area contributed by atoms with Crippen LogP contribution in [0.4, 0.5) is 0 Å². The molecule has 8 nitrogen and oxygen atoms in total. The molecule has 0 unspecified atom stereocenters. The monoisotopic (exact) mass is 433 g/mol. The molecule has 166 valence electrons. The number of aromatic nitrogens is 3. The van der Waals surface area contributed by atoms with Crippen molar-refractivity contribution in [1.82, 2.24) is 24.6 Å². The third-order valence-corrected chi connectivity index (χ3v) is 5.86. The first-order valence-corrected chi connectivity index (χ1v) is 10.8. The Bertz CT molecular complexity index is 1230. The number of fused-ring (bicyclic) bond motifs is 1. The van der Waals surface area contributed by atoms with Crippen molar-refractivity contribution in [2.24, 2.45) is 0 Å². The minimum Gasteiger partial charge on any atom is -0.349 e. The van der Waals surface area contributed by atoms with E-state index < -0.39 is 17.2 Å². The van der Waals surface area contributed by atoms with Gasteiger partial charge in [-0.3, -0.25) is 14.4 Å². The molecule has 3 heterocycles. The van der Waals surface area contributed by atoms with Crippen LogP contribution in [0.15, 0.2) is 54.2 Å². The Morgan fingerprint density at radius 3 is 2.47 bits per heavy atom. The minimum atomic E-state index is -0.579. The summed E-state index contributed by atoms with van der Waals surface area (Å²) in [6, 6.07) is 5.97. The molecule has 0 atom stereocenters. The lowest BCUT2D eigenvalue weighted by Gasteiger charge is -2.17. The first-order valence-electron chi connectivity index (χ1n) is 10.8. The van der Waals surface area contributed by atoms with Gasteiger partial charge in [0.15, 0.2) is 0 Å². The van der Waals surface area contributed by atoms with E-state index in [0.717, 1.165) is 37.0 Å². The van der Waals surface area contributed by atoms with Gasteiger partial charge >= 0.3 is 0 Å². The minimum absolute atomic E-state index is 0.0326. The molecule has 2 amide bonds. The number of hydrogen-bond acceptors (Lipinski definition) is 4. The predicted molar refractivity (Wildman–Crippen MR) is 122 cm³/mol. The third-order valence-electron chi connectivity index (χ3n) is 5.86. The molecule has 0 aliphatic heterocycles. The maximum absolute atomic E-state index is 13.0. The van der Waals surface area contributed by atoms with Crippen molar-refractivity contribution >= 4 is 17.5 Å². The topological polar surface area (TPSA) is 97.5 Å². The van der Waals surface area contributed by atoms with Crippen LogP contribution in [0.25, 0.3) is 5.65 Å². The standard InChI is InChI=1S/C24H27N5O3/c1-3-11-25-23(31)19-14-28(18-8-4-5-9-18)15-20(22(19)30)24(32)26-12-17-13-29-16(2)7-6-10-21(29)27-17/h3,6-7,10,13-15,18H,1,4-5,8-9,11-12H2,2H3,(H,25,31)(H,26,32). The van der Waals surface area contributed by atoms with Gasteiger partial charge in [-0.2, -0.15) is 0 Å². The Kier molecular flexibility index (Phi) is 6.20. The van der Waals surface area contributed by atoms with Crippen molar-refractivity contribution < 1.29 is 9.59 Å². The molecule has 2 N–H and O–H groups in total. The van der Waals surface area contributed by atoms with Gasteiger partial charge in [0, 0.05) is 36.9 Å². The van der Waals surface area contributed by atoms with E-state index in [1.165, 1.54) is 0 Å². The molecule has 0 aromatic carbocycles. The molecule has 32 heavy (non-hydrogen) atoms. The number of carbonyl (C=O) groups excluding carboxylic acids is 2. The SMILES string of the molecule is C=CCNC(=O)c1cn(C2CCCC2)cc(C(=O)NCc2cn3c(C)cccc3n2)c1=O. The van der Waals surface area contributed by atoms with Crippen molar-refractivity contribution in [3.63, 3.8) is 0 Å². The molecule has 0 spiro atoms. The summed E-state index contributed by atoms with van der Waals surface area (Å²) in [6.07, 6.45) is 10.6. The van der Waals surface area contributed by atoms with Gasteiger partial charge in [-0.05, 0) is 31.9 Å². The molecule has 1 aliphatic rings. The summed E-state index contributed by atoms with van der Waals surface area (Å²) in [4.78, 5) is 43.0. The number of pyridine rings is 2. The molecule has 8 heteroatoms. The van der Waals surface area contributed by atoms with Crippen LogP contribution >= 0.6 is 0 Å². The summed E-state index contributed by atoms with van der Waals surface area (Å²) in [5.41, 5.74) is 1.86. The quantitative estimate of drug-likeness (QED) is 0.560. The molecule has 1 aliphatic carbocycles. The highest BCUT2D eigenvalue weighted by Crippen LogP contribution is 2.29. The molecule has 4 rings (SSSR count). The molecule has 0 saturated heterocycles. The van der Waals surface area contributed by atoms with Crippen LogP contribution in [-0.2, 0) is 6.54 Å². The van der Waals surface area contributed by atoms with E-state index in [1.807, 2.05) is 40.3 Å². The zero-order valence-electron chi connectivity index (χ0n) is 18.1. The van der Waals surface area contributed by atoms with E-state index in [1.54, 1.807) is 18.5 Å². The Morgan fingerprint density at radius 1 is 1.12 bits per heavy atom. The fraction of sp³-hybridized carbons (Fsp3) is 0.333. The maximum atomic E-state index is 13.0. The normalized spacial score (nSPS) is 13.9. The van der Waals surface area contributed by atoms with Gasteiger partial charge in [-0.1, -0.05) is 25.0 Å². The highest BCUT2D eigenvalue weighted by Gasteiger charge is 2.23. The van der Waals surface area contributed by atoms with Crippen LogP contribution < -0.4 is 16.1 Å². The van der Waals surface area contributed by atoms with E-state index in [0.29, 0.717) is 5.69 Å². The molecule has 1 saturated carbocycles. The molecule has 0 bridgehead atoms. The average molecular weight is 434 g/mol. The van der Waals surface area contributed by atoms with Gasteiger partial charge in [-0.15, -0.1) is 6.58 Å². The molecule has 0 radical (unpaired) electrons. The maximum Gasteiger partial charge on any atom is 0.257 e. The number of carbonyl (C=O) groups is 2. The molecule has 3 aromatic rings. The van der Waals surface area contributed by atoms with E-state index in [4.69, 9.17) is 0 Å². The number of nitrogens with zero attached hydrogens (tertiary/aromatic N) is 3. The summed E-state index contributed by atoms with van der Waals surface area (Å²) in [7, 11) is 0. The Labute approximate surface area is 186 Å². The number of rotatable bonds is 7. The largest absolute Gasteiger partial charge is 0.349 e. The van der Waals surface area contributed by atoms with Crippen LogP contribution in [0.1, 0.15) is 63.8 Å². The summed E-state index contributed by atoms with van der Waals surface area (Å²) in [6.45, 7) is 5.97. The fourth-order valence-corrected chi connectivity index (χ4v) is 4.14. The molecule has 1 fully saturated rings. The molecular weight excluding hydrogens is 406 g/mol. The van der Waals surface area contributed by atoms with Crippen LogP contribution in [0, 0.1) is 6.92 Å². The number of hydrogen-bond donors (Lipinski definition) is 2. The molecular formula is C24H27N5O3. The highest BCUT2D eigenvalue weighted by atomic mass is 16.2. The van der Waals surface area contributed by atoms with Crippen LogP contribution in [-0.4, -0.2) is 32.3 Å². The van der Waals surface area contributed by atoms with Crippen LogP contribution in [0.2, 0.25) is 0 Å². The average Bonchev–Trinajstić information content (AvgIpc) is 3.46. The number of imidazole rings is 1. The van der Waals surface area contributed by atoms with Gasteiger partial charge in [-0.25, -0.2) is 4.98 Å². The highest BCUT2D eigenvalue weighted by molar-refractivity contribution is 5.99. The van der Waals surface area contributed by atoms with E-state index in [9.17, 15) is 14.4 Å². The van der Waals surface area contributed by atoms with Crippen molar-refractivity contribution in [2.45, 2.75) is 45.2 Å². The van der Waals surface area contributed by atoms with Crippen molar-refractivity contribution in [1.29, 1.82) is 0 Å². The van der Waals surface area contributed by atoms with E-state index >= 15 is 0 Å². The zero-order valence-corrected chi connectivity index (χ0v) is 18.1. The Balaban J connectivity index is 1.61.